The molecule has 0 aromatic heterocycles. The molecule has 7 nitrogen and oxygen atoms in total. The molecule has 1 N–H and O–H groups in total. The Morgan fingerprint density at radius 2 is 1.82 bits per heavy atom. The molecule has 2 heterocycles. The quantitative estimate of drug-likeness (QED) is 0.611. The van der Waals surface area contributed by atoms with Crippen LogP contribution in [0.25, 0.3) is 0 Å². The molecule has 2 aliphatic rings. The summed E-state index contributed by atoms with van der Waals surface area (Å²) in [5, 5.41) is 3.38. The number of anilines is 1. The number of nitrogens with one attached hydrogen (secondary N) is 1. The standard InChI is InChI=1S/C21H29N3O4/c1-7-28-20(27)21(12(2)3)16-15(18(25)24(6)19(16)26)17(22-21)13-8-10-14(11-9-13)23(4)5/h8-12,15-17,22H,7H2,1-6H3/t15-,16-,17+,21+/m0/s1. The summed E-state index contributed by atoms with van der Waals surface area (Å²) in [6.07, 6.45) is 0. The molecule has 0 unspecified atom stereocenters. The number of likely N-dealkylation sites (tertiary alicyclic amines) is 1. The SMILES string of the molecule is CCOC(=O)[C@]1(C(C)C)N[C@H](c2ccc(N(C)C)cc2)[C@H]2C(=O)N(C)C(=O)[C@H]21. The van der Waals surface area contributed by atoms with Crippen LogP contribution in [0.4, 0.5) is 5.69 Å². The molecule has 0 saturated carbocycles. The van der Waals surface area contributed by atoms with Gasteiger partial charge in [0.15, 0.2) is 0 Å². The van der Waals surface area contributed by atoms with E-state index in [0.29, 0.717) is 0 Å². The third kappa shape index (κ3) is 2.80. The minimum atomic E-state index is -1.23. The zero-order valence-electron chi connectivity index (χ0n) is 17.4. The molecular formula is C21H29N3O4. The fourth-order valence-corrected chi connectivity index (χ4v) is 4.56. The van der Waals surface area contributed by atoms with Crippen molar-refractivity contribution >= 4 is 23.5 Å². The number of benzene rings is 1. The van der Waals surface area contributed by atoms with E-state index in [1.54, 1.807) is 6.92 Å². The van der Waals surface area contributed by atoms with Crippen molar-refractivity contribution in [2.75, 3.05) is 32.6 Å². The first kappa shape index (κ1) is 20.3. The Morgan fingerprint density at radius 1 is 1.21 bits per heavy atom. The molecule has 7 heteroatoms. The van der Waals surface area contributed by atoms with Crippen LogP contribution in [-0.4, -0.2) is 56.0 Å². The topological polar surface area (TPSA) is 79.0 Å². The van der Waals surface area contributed by atoms with Gasteiger partial charge >= 0.3 is 5.97 Å². The van der Waals surface area contributed by atoms with E-state index < -0.39 is 29.4 Å². The van der Waals surface area contributed by atoms with E-state index in [4.69, 9.17) is 4.74 Å². The van der Waals surface area contributed by atoms with Crippen molar-refractivity contribution in [2.24, 2.45) is 17.8 Å². The molecule has 0 bridgehead atoms. The van der Waals surface area contributed by atoms with E-state index in [1.165, 1.54) is 7.05 Å². The van der Waals surface area contributed by atoms with Gasteiger partial charge in [-0.25, -0.2) is 0 Å². The first-order valence-corrected chi connectivity index (χ1v) is 9.70. The molecule has 0 spiro atoms. The van der Waals surface area contributed by atoms with Gasteiger partial charge in [-0.3, -0.25) is 24.6 Å². The normalized spacial score (nSPS) is 29.4. The van der Waals surface area contributed by atoms with Gasteiger partial charge in [0.1, 0.15) is 5.54 Å². The number of hydrogen-bond donors (Lipinski definition) is 1. The third-order valence-corrected chi connectivity index (χ3v) is 6.11. The predicted molar refractivity (Wildman–Crippen MR) is 106 cm³/mol. The van der Waals surface area contributed by atoms with Crippen molar-refractivity contribution in [3.05, 3.63) is 29.8 Å². The van der Waals surface area contributed by atoms with Crippen LogP contribution in [-0.2, 0) is 19.1 Å². The van der Waals surface area contributed by atoms with E-state index in [9.17, 15) is 14.4 Å². The molecule has 3 rings (SSSR count). The second-order valence-corrected chi connectivity index (χ2v) is 8.09. The molecule has 28 heavy (non-hydrogen) atoms. The second-order valence-electron chi connectivity index (χ2n) is 8.09. The van der Waals surface area contributed by atoms with Gasteiger partial charge in [-0.1, -0.05) is 26.0 Å². The average Bonchev–Trinajstić information content (AvgIpc) is 3.13. The summed E-state index contributed by atoms with van der Waals surface area (Å²) in [4.78, 5) is 42.2. The monoisotopic (exact) mass is 387 g/mol. The fourth-order valence-electron chi connectivity index (χ4n) is 4.56. The highest BCUT2D eigenvalue weighted by Gasteiger charge is 2.69. The minimum Gasteiger partial charge on any atom is -0.465 e. The van der Waals surface area contributed by atoms with Crippen LogP contribution in [0, 0.1) is 17.8 Å². The number of esters is 1. The first-order chi connectivity index (χ1) is 13.2. The molecule has 1 aromatic carbocycles. The minimum absolute atomic E-state index is 0.215. The third-order valence-electron chi connectivity index (χ3n) is 6.11. The Morgan fingerprint density at radius 3 is 2.32 bits per heavy atom. The summed E-state index contributed by atoms with van der Waals surface area (Å²) in [6.45, 7) is 5.72. The summed E-state index contributed by atoms with van der Waals surface area (Å²) in [6, 6.07) is 7.39. The molecule has 1 aromatic rings. The van der Waals surface area contributed by atoms with Gasteiger partial charge in [-0.2, -0.15) is 0 Å². The van der Waals surface area contributed by atoms with E-state index in [-0.39, 0.29) is 24.3 Å². The molecule has 4 atom stereocenters. The maximum Gasteiger partial charge on any atom is 0.327 e. The van der Waals surface area contributed by atoms with Gasteiger partial charge in [-0.15, -0.1) is 0 Å². The van der Waals surface area contributed by atoms with Crippen molar-refractivity contribution in [2.45, 2.75) is 32.4 Å². The maximum atomic E-state index is 13.1. The molecule has 2 saturated heterocycles. The molecule has 0 radical (unpaired) electrons. The molecule has 152 valence electrons. The highest BCUT2D eigenvalue weighted by Crippen LogP contribution is 2.51. The molecule has 2 amide bonds. The number of nitrogens with zero attached hydrogens (tertiary/aromatic N) is 2. The highest BCUT2D eigenvalue weighted by molar-refractivity contribution is 6.09. The summed E-state index contributed by atoms with van der Waals surface area (Å²) in [5.74, 6) is -2.68. The Balaban J connectivity index is 2.11. The predicted octanol–water partition coefficient (Wildman–Crippen LogP) is 1.59. The fraction of sp³-hybridized carbons (Fsp3) is 0.571. The Bertz CT molecular complexity index is 789. The van der Waals surface area contributed by atoms with E-state index >= 15 is 0 Å². The number of rotatable bonds is 5. The van der Waals surface area contributed by atoms with Gasteiger partial charge in [0, 0.05) is 32.9 Å². The van der Waals surface area contributed by atoms with E-state index in [1.807, 2.05) is 57.1 Å². The van der Waals surface area contributed by atoms with Crippen molar-refractivity contribution in [3.8, 4) is 0 Å². The van der Waals surface area contributed by atoms with Crippen LogP contribution >= 0.6 is 0 Å². The molecule has 2 aliphatic heterocycles. The Labute approximate surface area is 166 Å². The summed E-state index contributed by atoms with van der Waals surface area (Å²) in [7, 11) is 5.40. The van der Waals surface area contributed by atoms with Gasteiger partial charge in [-0.05, 0) is 30.5 Å². The van der Waals surface area contributed by atoms with Crippen LogP contribution in [0.5, 0.6) is 0 Å². The Kier molecular flexibility index (Phi) is 5.23. The maximum absolute atomic E-state index is 13.1. The van der Waals surface area contributed by atoms with Crippen molar-refractivity contribution < 1.29 is 19.1 Å². The lowest BCUT2D eigenvalue weighted by Crippen LogP contribution is -2.59. The van der Waals surface area contributed by atoms with Crippen LogP contribution in [0.1, 0.15) is 32.4 Å². The first-order valence-electron chi connectivity index (χ1n) is 9.70. The smallest absolute Gasteiger partial charge is 0.327 e. The number of hydrogen-bond acceptors (Lipinski definition) is 6. The van der Waals surface area contributed by atoms with Crippen LogP contribution < -0.4 is 10.2 Å². The van der Waals surface area contributed by atoms with Crippen LogP contribution in [0.3, 0.4) is 0 Å². The lowest BCUT2D eigenvalue weighted by atomic mass is 9.73. The van der Waals surface area contributed by atoms with E-state index in [2.05, 4.69) is 5.32 Å². The van der Waals surface area contributed by atoms with Gasteiger partial charge < -0.3 is 9.64 Å². The zero-order chi connectivity index (χ0) is 20.8. The number of amides is 2. The van der Waals surface area contributed by atoms with Gasteiger partial charge in [0.25, 0.3) is 0 Å². The lowest BCUT2D eigenvalue weighted by Gasteiger charge is -2.36. The summed E-state index contributed by atoms with van der Waals surface area (Å²) >= 11 is 0. The largest absolute Gasteiger partial charge is 0.465 e. The molecule has 2 fully saturated rings. The number of fused-ring (bicyclic) bond motifs is 1. The van der Waals surface area contributed by atoms with E-state index in [0.717, 1.165) is 16.2 Å². The second kappa shape index (κ2) is 7.20. The van der Waals surface area contributed by atoms with Crippen molar-refractivity contribution in [1.82, 2.24) is 10.2 Å². The van der Waals surface area contributed by atoms with Crippen LogP contribution in [0.15, 0.2) is 24.3 Å². The average molecular weight is 387 g/mol. The molecular weight excluding hydrogens is 358 g/mol. The molecule has 0 aliphatic carbocycles. The highest BCUT2D eigenvalue weighted by atomic mass is 16.5. The summed E-state index contributed by atoms with van der Waals surface area (Å²) in [5.41, 5.74) is 0.678. The van der Waals surface area contributed by atoms with Gasteiger partial charge in [0.2, 0.25) is 11.8 Å². The van der Waals surface area contributed by atoms with Gasteiger partial charge in [0.05, 0.1) is 18.4 Å². The van der Waals surface area contributed by atoms with Crippen LogP contribution in [0.2, 0.25) is 0 Å². The number of imide groups is 1. The lowest BCUT2D eigenvalue weighted by molar-refractivity contribution is -0.158. The van der Waals surface area contributed by atoms with Crippen molar-refractivity contribution in [3.63, 3.8) is 0 Å². The van der Waals surface area contributed by atoms with Crippen molar-refractivity contribution in [1.29, 1.82) is 0 Å². The number of carbonyl (C=O) groups is 3. The zero-order valence-corrected chi connectivity index (χ0v) is 17.4. The number of carbonyl (C=O) groups excluding carboxylic acids is 3. The number of ether oxygens (including phenoxy) is 1. The summed E-state index contributed by atoms with van der Waals surface area (Å²) < 4.78 is 5.36. The Hall–Kier alpha value is -2.41.